The number of esters is 1. The fourth-order valence-electron chi connectivity index (χ4n) is 2.15. The van der Waals surface area contributed by atoms with Crippen molar-refractivity contribution in [3.63, 3.8) is 0 Å². The molecule has 3 aromatic rings. The van der Waals surface area contributed by atoms with Crippen LogP contribution < -0.4 is 5.56 Å². The Balaban J connectivity index is 1.61. The van der Waals surface area contributed by atoms with E-state index in [9.17, 15) is 9.59 Å². The van der Waals surface area contributed by atoms with Crippen LogP contribution in [0, 0.1) is 6.92 Å². The predicted octanol–water partition coefficient (Wildman–Crippen LogP) is 3.42. The summed E-state index contributed by atoms with van der Waals surface area (Å²) < 4.78 is 6.54. The lowest BCUT2D eigenvalue weighted by molar-refractivity contribution is -0.141. The number of ether oxygens (including phenoxy) is 1. The van der Waals surface area contributed by atoms with Crippen LogP contribution in [-0.2, 0) is 16.1 Å². The van der Waals surface area contributed by atoms with Gasteiger partial charge in [0.2, 0.25) is 4.96 Å². The Morgan fingerprint density at radius 2 is 2.04 bits per heavy atom. The van der Waals surface area contributed by atoms with E-state index in [4.69, 9.17) is 4.74 Å². The summed E-state index contributed by atoms with van der Waals surface area (Å²) in [6, 6.07) is 9.30. The number of carbonyl (C=O) groups excluding carboxylic acids is 1. The van der Waals surface area contributed by atoms with Gasteiger partial charge in [-0.3, -0.25) is 9.59 Å². The summed E-state index contributed by atoms with van der Waals surface area (Å²) in [6.45, 7) is 6.02. The van der Waals surface area contributed by atoms with Gasteiger partial charge in [-0.25, -0.2) is 4.98 Å². The van der Waals surface area contributed by atoms with Gasteiger partial charge in [0, 0.05) is 16.9 Å². The van der Waals surface area contributed by atoms with Crippen molar-refractivity contribution in [2.45, 2.75) is 38.2 Å². The van der Waals surface area contributed by atoms with E-state index in [2.05, 4.69) is 10.1 Å². The number of aromatic nitrogens is 3. The summed E-state index contributed by atoms with van der Waals surface area (Å²) in [6.07, 6.45) is 0. The highest BCUT2D eigenvalue weighted by atomic mass is 32.2. The third-order valence-corrected chi connectivity index (χ3v) is 5.76. The summed E-state index contributed by atoms with van der Waals surface area (Å²) in [5.74, 6) is 0.0911. The zero-order chi connectivity index (χ0) is 18.7. The molecule has 3 rings (SSSR count). The summed E-state index contributed by atoms with van der Waals surface area (Å²) in [5, 5.41) is 5.11. The van der Waals surface area contributed by atoms with E-state index in [0.717, 1.165) is 9.90 Å². The van der Waals surface area contributed by atoms with Gasteiger partial charge in [0.25, 0.3) is 5.56 Å². The molecule has 0 amide bonds. The van der Waals surface area contributed by atoms with E-state index < -0.39 is 0 Å². The predicted molar refractivity (Wildman–Crippen MR) is 103 cm³/mol. The van der Waals surface area contributed by atoms with Gasteiger partial charge >= 0.3 is 5.97 Å². The van der Waals surface area contributed by atoms with Crippen molar-refractivity contribution in [1.29, 1.82) is 0 Å². The highest BCUT2D eigenvalue weighted by Gasteiger charge is 2.12. The maximum absolute atomic E-state index is 12.1. The van der Waals surface area contributed by atoms with Gasteiger partial charge in [0.05, 0.1) is 11.4 Å². The quantitative estimate of drug-likeness (QED) is 0.475. The van der Waals surface area contributed by atoms with Gasteiger partial charge in [-0.15, -0.1) is 11.8 Å². The van der Waals surface area contributed by atoms with Crippen molar-refractivity contribution in [1.82, 2.24) is 14.6 Å². The first kappa shape index (κ1) is 18.6. The monoisotopic (exact) mass is 389 g/mol. The molecular formula is C18H19N3O3S2. The standard InChI is InChI=1S/C18H19N3O3S2/c1-11(2)17-20-21-15(22)8-13(19-18(21)26-17)9-24-16(23)10-25-14-6-4-12(3)5-7-14/h4-8,11H,9-10H2,1-3H3. The second-order valence-electron chi connectivity index (χ2n) is 6.14. The maximum Gasteiger partial charge on any atom is 0.316 e. The number of aryl methyl sites for hydroxylation is 1. The summed E-state index contributed by atoms with van der Waals surface area (Å²) in [5.41, 5.74) is 1.34. The number of carbonyl (C=O) groups is 1. The minimum atomic E-state index is -0.343. The first-order chi connectivity index (χ1) is 12.4. The number of thioether (sulfide) groups is 1. The molecule has 2 aromatic heterocycles. The summed E-state index contributed by atoms with van der Waals surface area (Å²) >= 11 is 2.79. The summed E-state index contributed by atoms with van der Waals surface area (Å²) in [4.78, 5) is 30.0. The normalized spacial score (nSPS) is 11.2. The van der Waals surface area contributed by atoms with Crippen LogP contribution >= 0.6 is 23.1 Å². The second kappa shape index (κ2) is 8.01. The molecule has 0 aliphatic carbocycles. The lowest BCUT2D eigenvalue weighted by Gasteiger charge is -2.05. The van der Waals surface area contributed by atoms with Gasteiger partial charge in [-0.1, -0.05) is 42.9 Å². The zero-order valence-corrected chi connectivity index (χ0v) is 16.4. The Hall–Kier alpha value is -2.19. The molecule has 0 saturated heterocycles. The van der Waals surface area contributed by atoms with Gasteiger partial charge in [-0.2, -0.15) is 9.61 Å². The maximum atomic E-state index is 12.1. The number of hydrogen-bond acceptors (Lipinski definition) is 7. The van der Waals surface area contributed by atoms with E-state index in [-0.39, 0.29) is 29.8 Å². The molecule has 0 unspecified atom stereocenters. The lowest BCUT2D eigenvalue weighted by atomic mass is 10.2. The molecule has 0 bridgehead atoms. The Kier molecular flexibility index (Phi) is 5.73. The van der Waals surface area contributed by atoms with Crippen LogP contribution in [-0.4, -0.2) is 26.3 Å². The number of nitrogens with zero attached hydrogens (tertiary/aromatic N) is 3. The number of benzene rings is 1. The minimum Gasteiger partial charge on any atom is -0.459 e. The first-order valence-corrected chi connectivity index (χ1v) is 9.97. The van der Waals surface area contributed by atoms with Crippen molar-refractivity contribution < 1.29 is 9.53 Å². The van der Waals surface area contributed by atoms with Crippen LogP contribution in [0.25, 0.3) is 4.96 Å². The number of fused-ring (bicyclic) bond motifs is 1. The van der Waals surface area contributed by atoms with Crippen LogP contribution in [0.1, 0.15) is 36.0 Å². The fourth-order valence-corrected chi connectivity index (χ4v) is 3.77. The van der Waals surface area contributed by atoms with E-state index in [0.29, 0.717) is 10.7 Å². The molecule has 0 spiro atoms. The first-order valence-electron chi connectivity index (χ1n) is 8.17. The third-order valence-electron chi connectivity index (χ3n) is 3.57. The average Bonchev–Trinajstić information content (AvgIpc) is 3.04. The topological polar surface area (TPSA) is 73.6 Å². The molecule has 0 atom stereocenters. The Bertz CT molecular complexity index is 978. The molecule has 0 fully saturated rings. The molecule has 6 nitrogen and oxygen atoms in total. The number of rotatable bonds is 6. The molecule has 0 radical (unpaired) electrons. The molecule has 0 aliphatic rings. The minimum absolute atomic E-state index is 0.0199. The van der Waals surface area contributed by atoms with Crippen LogP contribution in [0.5, 0.6) is 0 Å². The Morgan fingerprint density at radius 1 is 1.31 bits per heavy atom. The van der Waals surface area contributed by atoms with Crippen molar-refractivity contribution in [3.8, 4) is 0 Å². The van der Waals surface area contributed by atoms with Gasteiger partial charge < -0.3 is 4.74 Å². The SMILES string of the molecule is Cc1ccc(SCC(=O)OCc2cc(=O)n3nc(C(C)C)sc3n2)cc1. The van der Waals surface area contributed by atoms with Gasteiger partial charge in [-0.05, 0) is 19.1 Å². The van der Waals surface area contributed by atoms with E-state index >= 15 is 0 Å². The third kappa shape index (κ3) is 4.50. The second-order valence-corrected chi connectivity index (χ2v) is 8.17. The summed E-state index contributed by atoms with van der Waals surface area (Å²) in [7, 11) is 0. The van der Waals surface area contributed by atoms with E-state index in [1.165, 1.54) is 39.2 Å². The van der Waals surface area contributed by atoms with Crippen molar-refractivity contribution in [2.75, 3.05) is 5.75 Å². The molecule has 0 saturated carbocycles. The van der Waals surface area contributed by atoms with E-state index in [1.54, 1.807) is 0 Å². The lowest BCUT2D eigenvalue weighted by Crippen LogP contribution is -2.17. The van der Waals surface area contributed by atoms with E-state index in [1.807, 2.05) is 45.0 Å². The highest BCUT2D eigenvalue weighted by Crippen LogP contribution is 2.20. The molecule has 136 valence electrons. The highest BCUT2D eigenvalue weighted by molar-refractivity contribution is 8.00. The smallest absolute Gasteiger partial charge is 0.316 e. The van der Waals surface area contributed by atoms with Crippen LogP contribution in [0.4, 0.5) is 0 Å². The Labute approximate surface area is 159 Å². The molecule has 1 aromatic carbocycles. The molecule has 2 heterocycles. The molecular weight excluding hydrogens is 370 g/mol. The molecule has 0 aliphatic heterocycles. The molecule has 0 N–H and O–H groups in total. The van der Waals surface area contributed by atoms with Gasteiger partial charge in [0.15, 0.2) is 0 Å². The Morgan fingerprint density at radius 3 is 2.73 bits per heavy atom. The van der Waals surface area contributed by atoms with Crippen LogP contribution in [0.2, 0.25) is 0 Å². The molecule has 26 heavy (non-hydrogen) atoms. The average molecular weight is 390 g/mol. The van der Waals surface area contributed by atoms with Crippen molar-refractivity contribution in [2.24, 2.45) is 0 Å². The number of hydrogen-bond donors (Lipinski definition) is 0. The fraction of sp³-hybridized carbons (Fsp3) is 0.333. The van der Waals surface area contributed by atoms with Crippen LogP contribution in [0.15, 0.2) is 40.0 Å². The van der Waals surface area contributed by atoms with Gasteiger partial charge in [0.1, 0.15) is 11.6 Å². The van der Waals surface area contributed by atoms with Crippen molar-refractivity contribution in [3.05, 3.63) is 57.0 Å². The molecule has 8 heteroatoms. The largest absolute Gasteiger partial charge is 0.459 e. The van der Waals surface area contributed by atoms with Crippen molar-refractivity contribution >= 4 is 34.0 Å². The van der Waals surface area contributed by atoms with Crippen LogP contribution in [0.3, 0.4) is 0 Å². The zero-order valence-electron chi connectivity index (χ0n) is 14.8.